The minimum atomic E-state index is -3.68. The van der Waals surface area contributed by atoms with Gasteiger partial charge in [0, 0.05) is 42.3 Å². The molecule has 1 aliphatic rings. The molecular formula is C19H25N3O4S. The second-order valence-corrected chi connectivity index (χ2v) is 9.71. The third kappa shape index (κ3) is 4.22. The van der Waals surface area contributed by atoms with E-state index in [1.54, 1.807) is 45.3 Å². The fourth-order valence-electron chi connectivity index (χ4n) is 3.26. The summed E-state index contributed by atoms with van der Waals surface area (Å²) >= 11 is 0. The van der Waals surface area contributed by atoms with Crippen molar-refractivity contribution in [1.82, 2.24) is 14.6 Å². The summed E-state index contributed by atoms with van der Waals surface area (Å²) in [5, 5.41) is 4.24. The van der Waals surface area contributed by atoms with Crippen molar-refractivity contribution in [2.24, 2.45) is 0 Å². The van der Waals surface area contributed by atoms with Gasteiger partial charge in [-0.3, -0.25) is 4.98 Å². The van der Waals surface area contributed by atoms with Crippen LogP contribution >= 0.6 is 0 Å². The molecule has 0 bridgehead atoms. The Morgan fingerprint density at radius 3 is 2.74 bits per heavy atom. The first-order valence-corrected chi connectivity index (χ1v) is 10.3. The lowest BCUT2D eigenvalue weighted by molar-refractivity contribution is 0.0507. The number of pyridine rings is 1. The minimum absolute atomic E-state index is 0.224. The van der Waals surface area contributed by atoms with E-state index in [9.17, 15) is 13.2 Å². The monoisotopic (exact) mass is 391 g/mol. The van der Waals surface area contributed by atoms with Crippen LogP contribution < -0.4 is 5.32 Å². The summed E-state index contributed by atoms with van der Waals surface area (Å²) in [7, 11) is -3.68. The highest BCUT2D eigenvalue weighted by molar-refractivity contribution is 7.89. The molecule has 1 amide bonds. The highest BCUT2D eigenvalue weighted by atomic mass is 32.2. The molecule has 1 saturated heterocycles. The summed E-state index contributed by atoms with van der Waals surface area (Å²) in [4.78, 5) is 16.4. The van der Waals surface area contributed by atoms with Crippen molar-refractivity contribution in [3.63, 3.8) is 0 Å². The van der Waals surface area contributed by atoms with Crippen molar-refractivity contribution in [2.45, 2.75) is 50.7 Å². The molecule has 1 aromatic heterocycles. The van der Waals surface area contributed by atoms with E-state index < -0.39 is 21.7 Å². The summed E-state index contributed by atoms with van der Waals surface area (Å²) in [6.45, 7) is 7.79. The Morgan fingerprint density at radius 2 is 2.04 bits per heavy atom. The van der Waals surface area contributed by atoms with Gasteiger partial charge in [0.2, 0.25) is 10.0 Å². The highest BCUT2D eigenvalue weighted by Gasteiger charge is 2.35. The van der Waals surface area contributed by atoms with Crippen LogP contribution in [0.2, 0.25) is 0 Å². The number of benzene rings is 1. The molecule has 1 atom stereocenters. The van der Waals surface area contributed by atoms with Crippen LogP contribution in [0.5, 0.6) is 0 Å². The molecule has 0 spiro atoms. The van der Waals surface area contributed by atoms with E-state index in [2.05, 4.69) is 10.3 Å². The number of rotatable bonds is 3. The van der Waals surface area contributed by atoms with Crippen LogP contribution in [-0.4, -0.2) is 48.5 Å². The number of hydrogen-bond donors (Lipinski definition) is 1. The first kappa shape index (κ1) is 19.6. The fourth-order valence-corrected chi connectivity index (χ4v) is 5.05. The maximum atomic E-state index is 13.2. The van der Waals surface area contributed by atoms with Gasteiger partial charge in [0.15, 0.2) is 0 Å². The molecule has 2 heterocycles. The van der Waals surface area contributed by atoms with Crippen LogP contribution in [0.3, 0.4) is 0 Å². The summed E-state index contributed by atoms with van der Waals surface area (Å²) in [6, 6.07) is 4.93. The molecule has 1 unspecified atom stereocenters. The van der Waals surface area contributed by atoms with E-state index in [1.807, 2.05) is 13.0 Å². The van der Waals surface area contributed by atoms with Gasteiger partial charge in [-0.05, 0) is 45.7 Å². The number of sulfonamides is 1. The zero-order valence-electron chi connectivity index (χ0n) is 16.0. The predicted molar refractivity (Wildman–Crippen MR) is 103 cm³/mol. The van der Waals surface area contributed by atoms with Gasteiger partial charge >= 0.3 is 6.09 Å². The van der Waals surface area contributed by atoms with Crippen molar-refractivity contribution in [1.29, 1.82) is 0 Å². The van der Waals surface area contributed by atoms with Gasteiger partial charge in [0.1, 0.15) is 5.60 Å². The van der Waals surface area contributed by atoms with Crippen molar-refractivity contribution in [3.8, 4) is 0 Å². The molecule has 146 valence electrons. The van der Waals surface area contributed by atoms with Crippen LogP contribution in [0, 0.1) is 6.92 Å². The molecule has 1 aromatic carbocycles. The van der Waals surface area contributed by atoms with Gasteiger partial charge in [-0.25, -0.2) is 13.2 Å². The Balaban J connectivity index is 1.81. The van der Waals surface area contributed by atoms with E-state index in [4.69, 9.17) is 4.74 Å². The van der Waals surface area contributed by atoms with Gasteiger partial charge in [0.05, 0.1) is 4.90 Å². The van der Waals surface area contributed by atoms with Gasteiger partial charge < -0.3 is 10.1 Å². The zero-order chi connectivity index (χ0) is 19.8. The Hall–Kier alpha value is -2.19. The number of ether oxygens (including phenoxy) is 1. The van der Waals surface area contributed by atoms with E-state index in [1.165, 1.54) is 4.31 Å². The summed E-state index contributed by atoms with van der Waals surface area (Å²) in [6.07, 6.45) is 3.35. The Labute approximate surface area is 159 Å². The quantitative estimate of drug-likeness (QED) is 0.869. The van der Waals surface area contributed by atoms with Crippen molar-refractivity contribution in [3.05, 3.63) is 36.2 Å². The Kier molecular flexibility index (Phi) is 5.14. The minimum Gasteiger partial charge on any atom is -0.444 e. The van der Waals surface area contributed by atoms with E-state index >= 15 is 0 Å². The number of hydrogen-bond acceptors (Lipinski definition) is 5. The van der Waals surface area contributed by atoms with Crippen LogP contribution in [-0.2, 0) is 14.8 Å². The standard InChI is InChI=1S/C19H25N3O4S/c1-13-10-20-11-14-6-5-7-16(17(13)14)27(24,25)22-9-8-15(12-22)21-18(23)26-19(2,3)4/h5-7,10-11,15H,8-9,12H2,1-4H3,(H,21,23). The van der Waals surface area contributed by atoms with E-state index in [0.29, 0.717) is 18.4 Å². The Bertz CT molecular complexity index is 961. The van der Waals surface area contributed by atoms with Crippen molar-refractivity contribution < 1.29 is 17.9 Å². The lowest BCUT2D eigenvalue weighted by atomic mass is 10.1. The number of aryl methyl sites for hydroxylation is 1. The SMILES string of the molecule is Cc1cncc2cccc(S(=O)(=O)N3CCC(NC(=O)OC(C)(C)C)C3)c12. The average molecular weight is 391 g/mol. The molecule has 0 aliphatic carbocycles. The molecule has 2 aromatic rings. The molecule has 27 heavy (non-hydrogen) atoms. The van der Waals surface area contributed by atoms with Gasteiger partial charge in [-0.2, -0.15) is 4.31 Å². The molecular weight excluding hydrogens is 366 g/mol. The number of carbonyl (C=O) groups is 1. The molecule has 3 rings (SSSR count). The van der Waals surface area contributed by atoms with Crippen LogP contribution in [0.15, 0.2) is 35.5 Å². The number of fused-ring (bicyclic) bond motifs is 1. The molecule has 1 fully saturated rings. The third-order valence-corrected chi connectivity index (χ3v) is 6.33. The van der Waals surface area contributed by atoms with E-state index in [0.717, 1.165) is 10.9 Å². The van der Waals surface area contributed by atoms with Crippen LogP contribution in [0.25, 0.3) is 10.8 Å². The van der Waals surface area contributed by atoms with Crippen molar-refractivity contribution >= 4 is 26.9 Å². The first-order chi connectivity index (χ1) is 12.6. The zero-order valence-corrected chi connectivity index (χ0v) is 16.8. The second-order valence-electron chi connectivity index (χ2n) is 7.81. The normalized spacial score (nSPS) is 18.6. The molecule has 1 N–H and O–H groups in total. The maximum Gasteiger partial charge on any atom is 0.407 e. The number of amides is 1. The molecule has 8 heteroatoms. The Morgan fingerprint density at radius 1 is 1.30 bits per heavy atom. The number of nitrogens with one attached hydrogen (secondary N) is 1. The number of nitrogens with zero attached hydrogens (tertiary/aromatic N) is 2. The number of alkyl carbamates (subject to hydrolysis) is 1. The largest absolute Gasteiger partial charge is 0.444 e. The van der Waals surface area contributed by atoms with E-state index in [-0.39, 0.29) is 17.5 Å². The van der Waals surface area contributed by atoms with Gasteiger partial charge in [-0.15, -0.1) is 0 Å². The number of carbonyl (C=O) groups excluding carboxylic acids is 1. The lowest BCUT2D eigenvalue weighted by Gasteiger charge is -2.22. The molecule has 0 saturated carbocycles. The average Bonchev–Trinajstić information content (AvgIpc) is 3.02. The maximum absolute atomic E-state index is 13.2. The topological polar surface area (TPSA) is 88.6 Å². The molecule has 7 nitrogen and oxygen atoms in total. The van der Waals surface area contributed by atoms with Gasteiger partial charge in [-0.1, -0.05) is 12.1 Å². The van der Waals surface area contributed by atoms with Gasteiger partial charge in [0.25, 0.3) is 0 Å². The second kappa shape index (κ2) is 7.09. The summed E-state index contributed by atoms with van der Waals surface area (Å²) in [5.74, 6) is 0. The fraction of sp³-hybridized carbons (Fsp3) is 0.474. The highest BCUT2D eigenvalue weighted by Crippen LogP contribution is 2.29. The van der Waals surface area contributed by atoms with Crippen molar-refractivity contribution in [2.75, 3.05) is 13.1 Å². The first-order valence-electron chi connectivity index (χ1n) is 8.91. The van der Waals surface area contributed by atoms with Crippen LogP contribution in [0.1, 0.15) is 32.8 Å². The summed E-state index contributed by atoms with van der Waals surface area (Å²) < 4.78 is 33.1. The predicted octanol–water partition coefficient (Wildman–Crippen LogP) is 2.83. The molecule has 0 radical (unpaired) electrons. The van der Waals surface area contributed by atoms with Crippen LogP contribution in [0.4, 0.5) is 4.79 Å². The smallest absolute Gasteiger partial charge is 0.407 e. The summed E-state index contributed by atoms with van der Waals surface area (Å²) in [5.41, 5.74) is 0.220. The molecule has 1 aliphatic heterocycles. The number of aromatic nitrogens is 1. The third-order valence-electron chi connectivity index (χ3n) is 4.42. The lowest BCUT2D eigenvalue weighted by Crippen LogP contribution is -2.41.